The van der Waals surface area contributed by atoms with E-state index < -0.39 is 0 Å². The van der Waals surface area contributed by atoms with Gasteiger partial charge >= 0.3 is 30.0 Å². The van der Waals surface area contributed by atoms with Crippen LogP contribution in [0.25, 0.3) is 73.2 Å². The number of aryl methyl sites for hydroxylation is 1. The van der Waals surface area contributed by atoms with E-state index in [4.69, 9.17) is 44.8 Å². The van der Waals surface area contributed by atoms with Gasteiger partial charge in [0, 0.05) is 61.5 Å². The molecule has 6 nitrogen and oxygen atoms in total. The Morgan fingerprint density at radius 3 is 1.14 bits per heavy atom. The summed E-state index contributed by atoms with van der Waals surface area (Å²) in [6.45, 7) is 5.82. The maximum absolute atomic E-state index is 6.09. The second kappa shape index (κ2) is 28.4. The van der Waals surface area contributed by atoms with E-state index in [2.05, 4.69) is 160 Å². The molecule has 0 saturated carbocycles. The van der Waals surface area contributed by atoms with E-state index >= 15 is 0 Å². The standard InChI is InChI=1S/C26H19ClN2.C20H15ClN2.C13H8ClIN2.C7H7.CH4.BrH.Zn/c27-23-15-13-21(14-16-23)25-26(29-17-5-4-8-24(29)28-25)22-11-9-20(10-12-22)18-19-6-2-1-3-7-19;1-14-5-7-16(8-6-14)20-19(15-9-11-17(21)12-10-15)22-18-4-2-3-13-23(18)20;14-10-6-4-9(5-7-10)12-13(15)17-8-2-1-3-11(17)16-12;1-7-5-3-2-4-6-7;;;/h1-17H,18H2;2-13H,1H3;1-8H;2-6H,1H2;1H4;1H;/q;;;-1;;;+2/p-1. The molecule has 0 aliphatic carbocycles. The summed E-state index contributed by atoms with van der Waals surface area (Å²) in [6.07, 6.45) is 7.06. The van der Waals surface area contributed by atoms with Crippen LogP contribution in [0.3, 0.4) is 0 Å². The molecule has 0 aliphatic rings. The van der Waals surface area contributed by atoms with E-state index in [-0.39, 0.29) is 7.43 Å². The third-order valence-corrected chi connectivity index (χ3v) is 14.3. The van der Waals surface area contributed by atoms with Gasteiger partial charge in [-0.3, -0.25) is 13.2 Å². The fraction of sp³-hybridized carbons (Fsp3) is 0.0448. The van der Waals surface area contributed by atoms with Crippen molar-refractivity contribution in [2.45, 2.75) is 20.8 Å². The number of hydrogen-bond acceptors (Lipinski definition) is 3. The number of benzene rings is 7. The van der Waals surface area contributed by atoms with E-state index in [9.17, 15) is 0 Å². The number of halogens is 5. The van der Waals surface area contributed by atoms with Crippen LogP contribution in [0.1, 0.15) is 29.7 Å². The first-order chi connectivity index (χ1) is 38.1. The van der Waals surface area contributed by atoms with Gasteiger partial charge in [0.2, 0.25) is 0 Å². The van der Waals surface area contributed by atoms with Crippen LogP contribution in [0.5, 0.6) is 0 Å². The summed E-state index contributed by atoms with van der Waals surface area (Å²) in [6, 6.07) is 79.4. The van der Waals surface area contributed by atoms with Gasteiger partial charge in [0.25, 0.3) is 0 Å². The van der Waals surface area contributed by atoms with E-state index in [1.165, 1.54) is 33.0 Å². The zero-order valence-electron chi connectivity index (χ0n) is 42.4. The first-order valence-electron chi connectivity index (χ1n) is 24.8. The van der Waals surface area contributed by atoms with Crippen molar-refractivity contribution in [1.29, 1.82) is 0 Å². The van der Waals surface area contributed by atoms with Gasteiger partial charge in [-0.25, -0.2) is 15.0 Å². The van der Waals surface area contributed by atoms with Crippen LogP contribution in [0.2, 0.25) is 15.1 Å². The molecule has 13 rings (SSSR count). The van der Waals surface area contributed by atoms with Gasteiger partial charge in [0.05, 0.1) is 22.8 Å². The predicted octanol–water partition coefficient (Wildman–Crippen LogP) is 20.1. The van der Waals surface area contributed by atoms with E-state index in [0.29, 0.717) is 0 Å². The fourth-order valence-electron chi connectivity index (χ4n) is 8.72. The molecule has 0 aliphatic heterocycles. The zero-order valence-corrected chi connectivity index (χ0v) is 51.4. The minimum absolute atomic E-state index is 0. The molecule has 0 unspecified atom stereocenters. The first-order valence-corrected chi connectivity index (χ1v) is 34.0. The summed E-state index contributed by atoms with van der Waals surface area (Å²) in [5.41, 5.74) is 18.4. The number of aromatic nitrogens is 6. The van der Waals surface area contributed by atoms with Gasteiger partial charge in [-0.15, -0.1) is 12.1 Å². The molecule has 6 aromatic heterocycles. The second-order valence-corrected chi connectivity index (χ2v) is 20.2. The Bertz CT molecular complexity index is 4000. The molecule has 0 N–H and O–H groups in total. The molecule has 0 spiro atoms. The SMILES string of the molecule is C.Cc1ccc(-c2c(-c3ccc(Cl)cc3)nc3ccccn23)cc1.Clc1ccc(-c2nc3ccccn3c2-c2ccc(Cc3ccccc3)cc2)cc1.Clc1ccc(-c2nc3ccccn3c2I)cc1.[CH2-]c1ccccc1.[Zn+][Br]. The van der Waals surface area contributed by atoms with E-state index in [0.717, 1.165) is 104 Å². The minimum atomic E-state index is 0. The molecule has 12 heteroatoms. The van der Waals surface area contributed by atoms with Crippen LogP contribution in [-0.2, 0) is 22.8 Å². The molecule has 0 bridgehead atoms. The maximum atomic E-state index is 6.09. The average Bonchev–Trinajstić information content (AvgIpc) is 4.37. The van der Waals surface area contributed by atoms with Crippen LogP contribution in [0.4, 0.5) is 0 Å². The molecular weight excluding hydrogens is 1270 g/mol. The van der Waals surface area contributed by atoms with Crippen LogP contribution >= 0.6 is 71.0 Å². The summed E-state index contributed by atoms with van der Waals surface area (Å²) in [4.78, 5) is 14.4. The fourth-order valence-corrected chi connectivity index (χ4v) is 9.94. The van der Waals surface area contributed by atoms with Crippen molar-refractivity contribution in [3.8, 4) is 56.3 Å². The van der Waals surface area contributed by atoms with E-state index in [1.54, 1.807) is 0 Å². The quantitative estimate of drug-likeness (QED) is 0.0908. The van der Waals surface area contributed by atoms with Gasteiger partial charge < -0.3 is 0 Å². The molecule has 13 aromatic rings. The summed E-state index contributed by atoms with van der Waals surface area (Å²) < 4.78 is 7.47. The second-order valence-electron chi connectivity index (χ2n) is 17.9. The first kappa shape index (κ1) is 58.3. The van der Waals surface area contributed by atoms with Crippen molar-refractivity contribution in [2.75, 3.05) is 0 Å². The topological polar surface area (TPSA) is 51.9 Å². The van der Waals surface area contributed by atoms with E-state index in [1.807, 2.05) is 164 Å². The Morgan fingerprint density at radius 1 is 0.405 bits per heavy atom. The number of nitrogens with zero attached hydrogens (tertiary/aromatic N) is 6. The van der Waals surface area contributed by atoms with Crippen molar-refractivity contribution in [1.82, 2.24) is 28.2 Å². The molecule has 0 fully saturated rings. The van der Waals surface area contributed by atoms with Crippen molar-refractivity contribution < 1.29 is 16.3 Å². The number of fused-ring (bicyclic) bond motifs is 3. The number of imidazole rings is 3. The Labute approximate surface area is 508 Å². The summed E-state index contributed by atoms with van der Waals surface area (Å²) in [5.74, 6) is 0. The molecular formula is C67H53BrCl3IN6Zn. The molecule has 0 amide bonds. The van der Waals surface area contributed by atoms with Crippen molar-refractivity contribution in [2.24, 2.45) is 0 Å². The summed E-state index contributed by atoms with van der Waals surface area (Å²) in [5, 5.41) is 2.20. The Hall–Kier alpha value is -6.82. The third-order valence-electron chi connectivity index (χ3n) is 12.5. The average molecular weight is 1320 g/mol. The van der Waals surface area contributed by atoms with Crippen LogP contribution < -0.4 is 0 Å². The summed E-state index contributed by atoms with van der Waals surface area (Å²) in [7, 11) is 0. The monoisotopic (exact) mass is 1320 g/mol. The molecule has 388 valence electrons. The predicted molar refractivity (Wildman–Crippen MR) is 341 cm³/mol. The van der Waals surface area contributed by atoms with Crippen molar-refractivity contribution >= 4 is 88.0 Å². The van der Waals surface area contributed by atoms with Crippen molar-refractivity contribution in [3.63, 3.8) is 0 Å². The van der Waals surface area contributed by atoms with Gasteiger partial charge in [-0.1, -0.05) is 187 Å². The van der Waals surface area contributed by atoms with Crippen LogP contribution in [0.15, 0.2) is 255 Å². The molecule has 79 heavy (non-hydrogen) atoms. The number of hydrogen-bond donors (Lipinski definition) is 0. The zero-order chi connectivity index (χ0) is 54.4. The Kier molecular flexibility index (Phi) is 20.9. The Morgan fingerprint density at radius 2 is 0.734 bits per heavy atom. The van der Waals surface area contributed by atoms with Gasteiger partial charge in [-0.05, 0) is 120 Å². The van der Waals surface area contributed by atoms with Gasteiger partial charge in [0.15, 0.2) is 0 Å². The number of pyridine rings is 3. The summed E-state index contributed by atoms with van der Waals surface area (Å²) >= 11 is 24.6. The molecule has 6 heterocycles. The molecule has 0 atom stereocenters. The molecule has 7 aromatic carbocycles. The number of rotatable bonds is 7. The Balaban J connectivity index is 0.000000147. The molecule has 0 saturated heterocycles. The van der Waals surface area contributed by atoms with Crippen LogP contribution in [-0.4, -0.2) is 28.2 Å². The van der Waals surface area contributed by atoms with Gasteiger partial charge in [-0.2, -0.15) is 24.6 Å². The normalized spacial score (nSPS) is 10.5. The molecule has 0 radical (unpaired) electrons. The third kappa shape index (κ3) is 14.7. The van der Waals surface area contributed by atoms with Gasteiger partial charge in [0.1, 0.15) is 26.3 Å². The van der Waals surface area contributed by atoms with Crippen LogP contribution in [0, 0.1) is 17.5 Å². The van der Waals surface area contributed by atoms with Crippen molar-refractivity contribution in [3.05, 3.63) is 303 Å².